The third-order valence-electron chi connectivity index (χ3n) is 2.86. The van der Waals surface area contributed by atoms with Crippen molar-refractivity contribution in [2.75, 3.05) is 0 Å². The number of hydrogen-bond donors (Lipinski definition) is 0. The topological polar surface area (TPSA) is 0 Å². The van der Waals surface area contributed by atoms with Gasteiger partial charge in [0.2, 0.25) is 0 Å². The lowest BCUT2D eigenvalue weighted by molar-refractivity contribution is 0.623. The van der Waals surface area contributed by atoms with Crippen molar-refractivity contribution in [3.63, 3.8) is 0 Å². The van der Waals surface area contributed by atoms with Crippen LogP contribution >= 0.6 is 0 Å². The molecule has 0 heterocycles. The fourth-order valence-corrected chi connectivity index (χ4v) is 1.89. The van der Waals surface area contributed by atoms with E-state index in [1.807, 2.05) is 18.2 Å². The molecular weight excluding hydrogens is 167 g/mol. The van der Waals surface area contributed by atoms with Crippen LogP contribution in [0.2, 0.25) is 0 Å². The van der Waals surface area contributed by atoms with Gasteiger partial charge in [-0.05, 0) is 11.5 Å². The first-order chi connectivity index (χ1) is 6.79. The van der Waals surface area contributed by atoms with Gasteiger partial charge in [0, 0.05) is 5.92 Å². The quantitative estimate of drug-likeness (QED) is 0.582. The summed E-state index contributed by atoms with van der Waals surface area (Å²) in [7, 11) is 5.92. The molecule has 0 fully saturated rings. The van der Waals surface area contributed by atoms with Crippen LogP contribution in [0.3, 0.4) is 0 Å². The van der Waals surface area contributed by atoms with E-state index >= 15 is 0 Å². The van der Waals surface area contributed by atoms with Gasteiger partial charge < -0.3 is 0 Å². The fourth-order valence-electron chi connectivity index (χ4n) is 1.89. The minimum atomic E-state index is 0.405. The molecular formula is C13H13B. The van der Waals surface area contributed by atoms with E-state index in [0.29, 0.717) is 11.8 Å². The summed E-state index contributed by atoms with van der Waals surface area (Å²) in [4.78, 5) is 0. The molecule has 0 spiro atoms. The first-order valence-corrected chi connectivity index (χ1v) is 4.98. The Labute approximate surface area is 86.8 Å². The molecule has 1 aromatic carbocycles. The standard InChI is InChI=1S/C13H13B/c1-10-12(8-5-9-13(10)14)11-6-3-2-4-7-11/h2-10,12H,1H3. The highest BCUT2D eigenvalue weighted by Gasteiger charge is 2.18. The van der Waals surface area contributed by atoms with Gasteiger partial charge in [0.25, 0.3) is 0 Å². The van der Waals surface area contributed by atoms with E-state index < -0.39 is 0 Å². The second-order valence-electron chi connectivity index (χ2n) is 3.78. The number of benzene rings is 1. The molecule has 2 rings (SSSR count). The van der Waals surface area contributed by atoms with E-state index in [2.05, 4.69) is 37.3 Å². The zero-order valence-corrected chi connectivity index (χ0v) is 8.35. The highest BCUT2D eigenvalue weighted by atomic mass is 14.2. The van der Waals surface area contributed by atoms with Crippen molar-refractivity contribution in [1.29, 1.82) is 0 Å². The highest BCUT2D eigenvalue weighted by molar-refractivity contribution is 6.22. The van der Waals surface area contributed by atoms with Crippen LogP contribution in [-0.4, -0.2) is 7.85 Å². The Kier molecular flexibility index (Phi) is 2.58. The predicted molar refractivity (Wildman–Crippen MR) is 61.3 cm³/mol. The molecule has 1 aliphatic carbocycles. The van der Waals surface area contributed by atoms with Crippen LogP contribution in [0.4, 0.5) is 0 Å². The van der Waals surface area contributed by atoms with Gasteiger partial charge in [-0.15, -0.1) is 5.47 Å². The Morgan fingerprint density at radius 1 is 1.14 bits per heavy atom. The second-order valence-corrected chi connectivity index (χ2v) is 3.78. The van der Waals surface area contributed by atoms with E-state index in [0.717, 1.165) is 5.47 Å². The fraction of sp³-hybridized carbons (Fsp3) is 0.231. The van der Waals surface area contributed by atoms with Crippen LogP contribution in [0.15, 0.2) is 54.0 Å². The molecule has 2 atom stereocenters. The van der Waals surface area contributed by atoms with Gasteiger partial charge >= 0.3 is 0 Å². The lowest BCUT2D eigenvalue weighted by Crippen LogP contribution is -2.12. The zero-order chi connectivity index (χ0) is 9.97. The van der Waals surface area contributed by atoms with Crippen LogP contribution in [-0.2, 0) is 0 Å². The Balaban J connectivity index is 2.29. The average molecular weight is 180 g/mol. The van der Waals surface area contributed by atoms with Crippen LogP contribution < -0.4 is 0 Å². The maximum Gasteiger partial charge on any atom is 0.108 e. The summed E-state index contributed by atoms with van der Waals surface area (Å²) in [5, 5.41) is 0. The van der Waals surface area contributed by atoms with Crippen molar-refractivity contribution in [3.8, 4) is 0 Å². The van der Waals surface area contributed by atoms with Gasteiger partial charge in [0.05, 0.1) is 0 Å². The number of allylic oxidation sites excluding steroid dienone is 4. The summed E-state index contributed by atoms with van der Waals surface area (Å²) in [6.45, 7) is 2.17. The lowest BCUT2D eigenvalue weighted by Gasteiger charge is -2.25. The minimum Gasteiger partial charge on any atom is -0.114 e. The largest absolute Gasteiger partial charge is 0.114 e. The summed E-state index contributed by atoms with van der Waals surface area (Å²) in [6.07, 6.45) is 6.26. The minimum absolute atomic E-state index is 0.405. The summed E-state index contributed by atoms with van der Waals surface area (Å²) in [6, 6.07) is 10.5. The number of hydrogen-bond acceptors (Lipinski definition) is 0. The molecule has 2 radical (unpaired) electrons. The molecule has 0 aromatic heterocycles. The van der Waals surface area contributed by atoms with Crippen LogP contribution in [0.5, 0.6) is 0 Å². The number of rotatable bonds is 1. The second kappa shape index (κ2) is 3.87. The van der Waals surface area contributed by atoms with E-state index in [9.17, 15) is 0 Å². The van der Waals surface area contributed by atoms with Gasteiger partial charge in [-0.3, -0.25) is 0 Å². The van der Waals surface area contributed by atoms with E-state index in [1.54, 1.807) is 0 Å². The van der Waals surface area contributed by atoms with Crippen molar-refractivity contribution in [1.82, 2.24) is 0 Å². The van der Waals surface area contributed by atoms with E-state index in [-0.39, 0.29) is 0 Å². The van der Waals surface area contributed by atoms with Gasteiger partial charge in [0.1, 0.15) is 7.85 Å². The molecule has 0 N–H and O–H groups in total. The molecule has 0 aliphatic heterocycles. The molecule has 0 saturated heterocycles. The monoisotopic (exact) mass is 180 g/mol. The summed E-state index contributed by atoms with van der Waals surface area (Å²) >= 11 is 0. The van der Waals surface area contributed by atoms with Crippen molar-refractivity contribution in [3.05, 3.63) is 59.6 Å². The van der Waals surface area contributed by atoms with E-state index in [4.69, 9.17) is 7.85 Å². The SMILES string of the molecule is [B]C1=CC=CC(c2ccccc2)C1C. The third-order valence-corrected chi connectivity index (χ3v) is 2.86. The van der Waals surface area contributed by atoms with Gasteiger partial charge in [-0.1, -0.05) is 55.5 Å². The van der Waals surface area contributed by atoms with Gasteiger partial charge in [-0.2, -0.15) is 0 Å². The zero-order valence-electron chi connectivity index (χ0n) is 8.35. The molecule has 68 valence electrons. The van der Waals surface area contributed by atoms with E-state index in [1.165, 1.54) is 5.56 Å². The van der Waals surface area contributed by atoms with Crippen molar-refractivity contribution in [2.24, 2.45) is 5.92 Å². The Hall–Kier alpha value is -1.24. The average Bonchev–Trinajstić information content (AvgIpc) is 2.23. The molecule has 0 amide bonds. The molecule has 1 aliphatic rings. The van der Waals surface area contributed by atoms with Gasteiger partial charge in [0.15, 0.2) is 0 Å². The van der Waals surface area contributed by atoms with Crippen LogP contribution in [0.1, 0.15) is 18.4 Å². The first kappa shape index (κ1) is 9.33. The smallest absolute Gasteiger partial charge is 0.108 e. The molecule has 1 aromatic rings. The normalized spacial score (nSPS) is 25.9. The molecule has 1 heteroatoms. The highest BCUT2D eigenvalue weighted by Crippen LogP contribution is 2.32. The predicted octanol–water partition coefficient (Wildman–Crippen LogP) is 3.03. The van der Waals surface area contributed by atoms with Crippen LogP contribution in [0.25, 0.3) is 0 Å². The van der Waals surface area contributed by atoms with Gasteiger partial charge in [-0.25, -0.2) is 0 Å². The Morgan fingerprint density at radius 3 is 2.57 bits per heavy atom. The Morgan fingerprint density at radius 2 is 1.86 bits per heavy atom. The molecule has 0 saturated carbocycles. The molecule has 14 heavy (non-hydrogen) atoms. The molecule has 0 bridgehead atoms. The summed E-state index contributed by atoms with van der Waals surface area (Å²) in [5.41, 5.74) is 2.31. The maximum atomic E-state index is 5.92. The van der Waals surface area contributed by atoms with Crippen molar-refractivity contribution >= 4 is 7.85 Å². The Bertz CT molecular complexity index is 362. The maximum absolute atomic E-state index is 5.92. The summed E-state index contributed by atoms with van der Waals surface area (Å²) < 4.78 is 0. The molecule has 2 unspecified atom stereocenters. The summed E-state index contributed by atoms with van der Waals surface area (Å²) in [5.74, 6) is 0.837. The van der Waals surface area contributed by atoms with Crippen molar-refractivity contribution < 1.29 is 0 Å². The van der Waals surface area contributed by atoms with Crippen LogP contribution in [0, 0.1) is 5.92 Å². The first-order valence-electron chi connectivity index (χ1n) is 4.98. The third kappa shape index (κ3) is 1.67. The van der Waals surface area contributed by atoms with Crippen molar-refractivity contribution in [2.45, 2.75) is 12.8 Å². The molecule has 0 nitrogen and oxygen atoms in total. The lowest BCUT2D eigenvalue weighted by atomic mass is 9.72.